The third-order valence-corrected chi connectivity index (χ3v) is 6.84. The number of nitrogens with zero attached hydrogens (tertiary/aromatic N) is 2. The molecule has 1 atom stereocenters. The highest BCUT2D eigenvalue weighted by Gasteiger charge is 2.33. The normalized spacial score (nSPS) is 22.5. The van der Waals surface area contributed by atoms with E-state index >= 15 is 0 Å². The second-order valence-electron chi connectivity index (χ2n) is 6.63. The summed E-state index contributed by atoms with van der Waals surface area (Å²) in [7, 11) is -3.40. The number of sulfonamides is 1. The van der Waals surface area contributed by atoms with Gasteiger partial charge < -0.3 is 4.90 Å². The third-order valence-electron chi connectivity index (χ3n) is 4.92. The van der Waals surface area contributed by atoms with Gasteiger partial charge in [-0.2, -0.15) is 5.26 Å². The third kappa shape index (κ3) is 3.70. The molecular formula is C17H22FN3O2S. The Morgan fingerprint density at radius 2 is 1.96 bits per heavy atom. The summed E-state index contributed by atoms with van der Waals surface area (Å²) >= 11 is 0. The van der Waals surface area contributed by atoms with Crippen LogP contribution in [0, 0.1) is 17.1 Å². The molecule has 1 aromatic rings. The first-order valence-corrected chi connectivity index (χ1v) is 10.00. The Kier molecular flexibility index (Phi) is 5.07. The number of anilines is 1. The molecule has 7 heteroatoms. The first-order chi connectivity index (χ1) is 11.5. The summed E-state index contributed by atoms with van der Waals surface area (Å²) in [5.41, 5.74) is 0.634. The van der Waals surface area contributed by atoms with E-state index < -0.39 is 21.1 Å². The minimum absolute atomic E-state index is 0.0528. The molecule has 2 fully saturated rings. The average molecular weight is 351 g/mol. The van der Waals surface area contributed by atoms with Gasteiger partial charge in [-0.25, -0.2) is 17.5 Å². The number of halogens is 1. The number of hydrogen-bond acceptors (Lipinski definition) is 4. The van der Waals surface area contributed by atoms with Crippen LogP contribution >= 0.6 is 0 Å². The molecule has 2 aliphatic rings. The maximum absolute atomic E-state index is 14.2. The molecule has 0 radical (unpaired) electrons. The quantitative estimate of drug-likeness (QED) is 0.905. The molecular weight excluding hydrogens is 329 g/mol. The zero-order valence-electron chi connectivity index (χ0n) is 13.5. The van der Waals surface area contributed by atoms with Crippen molar-refractivity contribution in [1.82, 2.24) is 4.72 Å². The molecule has 3 rings (SSSR count). The van der Waals surface area contributed by atoms with Crippen LogP contribution in [0.15, 0.2) is 18.2 Å². The van der Waals surface area contributed by atoms with Crippen molar-refractivity contribution in [1.29, 1.82) is 5.26 Å². The molecule has 1 saturated carbocycles. The molecule has 130 valence electrons. The molecule has 1 aliphatic carbocycles. The first kappa shape index (κ1) is 17.2. The zero-order valence-corrected chi connectivity index (χ0v) is 14.4. The van der Waals surface area contributed by atoms with E-state index in [1.54, 1.807) is 17.0 Å². The van der Waals surface area contributed by atoms with E-state index in [-0.39, 0.29) is 18.2 Å². The lowest BCUT2D eigenvalue weighted by Gasteiger charge is -2.34. The molecule has 1 aromatic carbocycles. The second-order valence-corrected chi connectivity index (χ2v) is 8.62. The summed E-state index contributed by atoms with van der Waals surface area (Å²) in [5.74, 6) is -0.476. The summed E-state index contributed by atoms with van der Waals surface area (Å²) in [6.45, 7) is 0.906. The molecule has 1 heterocycles. The fraction of sp³-hybridized carbons (Fsp3) is 0.588. The van der Waals surface area contributed by atoms with Crippen LogP contribution in [0.25, 0.3) is 0 Å². The Labute approximate surface area is 142 Å². The Balaban J connectivity index is 1.73. The highest BCUT2D eigenvalue weighted by atomic mass is 32.2. The second kappa shape index (κ2) is 7.08. The first-order valence-electron chi connectivity index (χ1n) is 8.45. The van der Waals surface area contributed by atoms with Gasteiger partial charge in [0.25, 0.3) is 0 Å². The van der Waals surface area contributed by atoms with Crippen molar-refractivity contribution in [2.24, 2.45) is 0 Å². The van der Waals surface area contributed by atoms with E-state index in [0.717, 1.165) is 25.7 Å². The van der Waals surface area contributed by atoms with Gasteiger partial charge in [0.15, 0.2) is 0 Å². The molecule has 1 N–H and O–H groups in total. The Morgan fingerprint density at radius 1 is 1.21 bits per heavy atom. The van der Waals surface area contributed by atoms with E-state index in [2.05, 4.69) is 4.72 Å². The monoisotopic (exact) mass is 351 g/mol. The lowest BCUT2D eigenvalue weighted by atomic mass is 10.1. The van der Waals surface area contributed by atoms with Crippen molar-refractivity contribution in [2.45, 2.75) is 49.8 Å². The van der Waals surface area contributed by atoms with Crippen molar-refractivity contribution in [3.8, 4) is 6.07 Å². The molecule has 24 heavy (non-hydrogen) atoms. The standard InChI is InChI=1S/C17H22FN3O2S/c18-16-10-13(11-19)7-8-17(16)21-9-3-6-15(12-21)24(22,23)20-14-4-1-2-5-14/h7-8,10,14-15,20H,1-6,9,12H2. The van der Waals surface area contributed by atoms with Gasteiger partial charge in [0.1, 0.15) is 5.82 Å². The average Bonchev–Trinajstić information content (AvgIpc) is 3.07. The van der Waals surface area contributed by atoms with Crippen LogP contribution in [0.1, 0.15) is 44.1 Å². The predicted molar refractivity (Wildman–Crippen MR) is 90.7 cm³/mol. The van der Waals surface area contributed by atoms with Gasteiger partial charge in [-0.1, -0.05) is 12.8 Å². The SMILES string of the molecule is N#Cc1ccc(N2CCCC(S(=O)(=O)NC3CCCC3)C2)c(F)c1. The van der Waals surface area contributed by atoms with Crippen LogP contribution in [0.5, 0.6) is 0 Å². The number of nitrogens with one attached hydrogen (secondary N) is 1. The minimum atomic E-state index is -3.40. The summed E-state index contributed by atoms with van der Waals surface area (Å²) < 4.78 is 42.3. The van der Waals surface area contributed by atoms with Gasteiger partial charge in [0.2, 0.25) is 10.0 Å². The molecule has 0 amide bonds. The number of hydrogen-bond donors (Lipinski definition) is 1. The maximum atomic E-state index is 14.2. The lowest BCUT2D eigenvalue weighted by Crippen LogP contribution is -2.48. The molecule has 0 spiro atoms. The number of nitriles is 1. The van der Waals surface area contributed by atoms with E-state index in [4.69, 9.17) is 5.26 Å². The van der Waals surface area contributed by atoms with Gasteiger partial charge in [-0.05, 0) is 43.9 Å². The molecule has 1 aliphatic heterocycles. The Hall–Kier alpha value is -1.65. The molecule has 1 unspecified atom stereocenters. The molecule has 5 nitrogen and oxygen atoms in total. The van der Waals surface area contributed by atoms with Crippen LogP contribution in [0.2, 0.25) is 0 Å². The van der Waals surface area contributed by atoms with Crippen LogP contribution in [-0.4, -0.2) is 32.8 Å². The topological polar surface area (TPSA) is 73.2 Å². The van der Waals surface area contributed by atoms with Crippen LogP contribution in [0.3, 0.4) is 0 Å². The van der Waals surface area contributed by atoms with Crippen molar-refractivity contribution >= 4 is 15.7 Å². The van der Waals surface area contributed by atoms with Crippen LogP contribution in [0.4, 0.5) is 10.1 Å². The van der Waals surface area contributed by atoms with Gasteiger partial charge in [0.05, 0.1) is 22.6 Å². The number of rotatable bonds is 4. The molecule has 0 bridgehead atoms. The highest BCUT2D eigenvalue weighted by molar-refractivity contribution is 7.90. The van der Waals surface area contributed by atoms with Gasteiger partial charge in [-0.15, -0.1) is 0 Å². The van der Waals surface area contributed by atoms with E-state index in [9.17, 15) is 12.8 Å². The predicted octanol–water partition coefficient (Wildman–Crippen LogP) is 2.53. The Morgan fingerprint density at radius 3 is 2.62 bits per heavy atom. The molecule has 0 aromatic heterocycles. The lowest BCUT2D eigenvalue weighted by molar-refractivity contribution is 0.502. The van der Waals surface area contributed by atoms with Crippen molar-refractivity contribution in [3.63, 3.8) is 0 Å². The van der Waals surface area contributed by atoms with Crippen molar-refractivity contribution in [3.05, 3.63) is 29.6 Å². The van der Waals surface area contributed by atoms with E-state index in [1.807, 2.05) is 6.07 Å². The zero-order chi connectivity index (χ0) is 17.2. The summed E-state index contributed by atoms with van der Waals surface area (Å²) in [6.07, 6.45) is 5.24. The van der Waals surface area contributed by atoms with Crippen LogP contribution < -0.4 is 9.62 Å². The van der Waals surface area contributed by atoms with Gasteiger partial charge in [0, 0.05) is 19.1 Å². The number of benzene rings is 1. The fourth-order valence-electron chi connectivity index (χ4n) is 3.62. The van der Waals surface area contributed by atoms with Crippen molar-refractivity contribution < 1.29 is 12.8 Å². The fourth-order valence-corrected chi connectivity index (χ4v) is 5.36. The van der Waals surface area contributed by atoms with E-state index in [0.29, 0.717) is 25.1 Å². The Bertz CT molecular complexity index is 739. The summed E-state index contributed by atoms with van der Waals surface area (Å²) in [5, 5.41) is 8.30. The minimum Gasteiger partial charge on any atom is -0.368 e. The van der Waals surface area contributed by atoms with Crippen molar-refractivity contribution in [2.75, 3.05) is 18.0 Å². The maximum Gasteiger partial charge on any atom is 0.216 e. The summed E-state index contributed by atoms with van der Waals surface area (Å²) in [4.78, 5) is 1.78. The largest absolute Gasteiger partial charge is 0.368 e. The van der Waals surface area contributed by atoms with Gasteiger partial charge in [-0.3, -0.25) is 0 Å². The smallest absolute Gasteiger partial charge is 0.216 e. The number of piperidine rings is 1. The van der Waals surface area contributed by atoms with Gasteiger partial charge >= 0.3 is 0 Å². The summed E-state index contributed by atoms with van der Waals surface area (Å²) in [6, 6.07) is 6.28. The molecule has 1 saturated heterocycles. The van der Waals surface area contributed by atoms with Crippen LogP contribution in [-0.2, 0) is 10.0 Å². The highest BCUT2D eigenvalue weighted by Crippen LogP contribution is 2.27. The van der Waals surface area contributed by atoms with E-state index in [1.165, 1.54) is 6.07 Å².